The van der Waals surface area contributed by atoms with Gasteiger partial charge in [-0.3, -0.25) is 9.69 Å². The Morgan fingerprint density at radius 2 is 1.84 bits per heavy atom. The van der Waals surface area contributed by atoms with Crippen molar-refractivity contribution in [1.29, 1.82) is 0 Å². The first kappa shape index (κ1) is 25.4. The van der Waals surface area contributed by atoms with E-state index < -0.39 is 0 Å². The monoisotopic (exact) mass is 554 g/mol. The van der Waals surface area contributed by atoms with E-state index >= 15 is 0 Å². The number of nitrogens with zero attached hydrogens (tertiary/aromatic N) is 7. The van der Waals surface area contributed by atoms with Crippen LogP contribution in [0.3, 0.4) is 0 Å². The molecule has 0 aromatic carbocycles. The molecule has 2 atom stereocenters. The van der Waals surface area contributed by atoms with E-state index in [0.29, 0.717) is 32.1 Å². The molecule has 0 bridgehead atoms. The number of piperazine rings is 1. The Kier molecular flexibility index (Phi) is 7.41. The number of aromatic nitrogens is 4. The molecule has 1 amide bonds. The van der Waals surface area contributed by atoms with Crippen molar-refractivity contribution in [2.45, 2.75) is 29.9 Å². The Morgan fingerprint density at radius 3 is 2.55 bits per heavy atom. The third kappa shape index (κ3) is 5.33. The summed E-state index contributed by atoms with van der Waals surface area (Å²) in [5, 5.41) is -0.103. The Bertz CT molecular complexity index is 1310. The third-order valence-corrected chi connectivity index (χ3v) is 9.76. The number of nitrogens with two attached hydrogens (primary N) is 1. The summed E-state index contributed by atoms with van der Waals surface area (Å²) < 4.78 is 6.64. The van der Waals surface area contributed by atoms with Crippen molar-refractivity contribution in [2.24, 2.45) is 0 Å². The Morgan fingerprint density at radius 1 is 1.08 bits per heavy atom. The van der Waals surface area contributed by atoms with E-state index in [1.165, 1.54) is 16.6 Å². The Labute approximate surface area is 228 Å². The van der Waals surface area contributed by atoms with Crippen LogP contribution in [-0.2, 0) is 20.9 Å². The number of hydrogen-bond donors (Lipinski definition) is 1. The first-order valence-corrected chi connectivity index (χ1v) is 14.7. The molecule has 3 aliphatic heterocycles. The van der Waals surface area contributed by atoms with E-state index in [1.807, 2.05) is 4.90 Å². The van der Waals surface area contributed by atoms with E-state index in [4.69, 9.17) is 20.4 Å². The van der Waals surface area contributed by atoms with Crippen molar-refractivity contribution < 1.29 is 14.3 Å². The number of carbonyl (C=O) groups is 2. The molecule has 0 aliphatic carbocycles. The van der Waals surface area contributed by atoms with Crippen molar-refractivity contribution in [3.05, 3.63) is 23.3 Å². The van der Waals surface area contributed by atoms with Gasteiger partial charge < -0.3 is 25.1 Å². The van der Waals surface area contributed by atoms with E-state index in [-0.39, 0.29) is 22.4 Å². The average Bonchev–Trinajstić information content (AvgIpc) is 3.60. The number of ether oxygens (including phenoxy) is 1. The lowest BCUT2D eigenvalue weighted by atomic mass is 10.2. The zero-order valence-corrected chi connectivity index (χ0v) is 22.6. The summed E-state index contributed by atoms with van der Waals surface area (Å²) in [6.45, 7) is 6.77. The smallest absolute Gasteiger partial charge is 0.235 e. The third-order valence-electron chi connectivity index (χ3n) is 7.19. The maximum atomic E-state index is 12.9. The number of hydrogen-bond acceptors (Lipinski definition) is 12. The number of aldehydes is 1. The first-order chi connectivity index (χ1) is 18.6. The normalized spacial score (nSPS) is 22.7. The number of thioether (sulfide) groups is 1. The topological polar surface area (TPSA) is 131 Å². The number of morpholine rings is 1. The van der Waals surface area contributed by atoms with Gasteiger partial charge in [0.05, 0.1) is 39.5 Å². The van der Waals surface area contributed by atoms with Gasteiger partial charge in [0, 0.05) is 63.1 Å². The molecule has 200 valence electrons. The molecular weight excluding hydrogens is 524 g/mol. The van der Waals surface area contributed by atoms with Crippen molar-refractivity contribution in [3.8, 4) is 11.4 Å². The lowest BCUT2D eigenvalue weighted by Crippen LogP contribution is -2.50. The van der Waals surface area contributed by atoms with Crippen LogP contribution in [0.2, 0.25) is 0 Å². The summed E-state index contributed by atoms with van der Waals surface area (Å²) in [5.74, 6) is 1.90. The van der Waals surface area contributed by atoms with Gasteiger partial charge in [0.15, 0.2) is 11.6 Å². The van der Waals surface area contributed by atoms with Crippen molar-refractivity contribution in [3.63, 3.8) is 0 Å². The zero-order valence-electron chi connectivity index (χ0n) is 21.0. The summed E-state index contributed by atoms with van der Waals surface area (Å²) in [4.78, 5) is 49.9. The molecular formula is C25H30N8O3S2. The summed E-state index contributed by atoms with van der Waals surface area (Å²) >= 11 is 3.25. The minimum absolute atomic E-state index is 0.0308. The Hall–Kier alpha value is -2.87. The number of carbonyl (C=O) groups excluding carboxylic acids is 2. The highest BCUT2D eigenvalue weighted by Gasteiger charge is 2.34. The van der Waals surface area contributed by atoms with Gasteiger partial charge in [-0.05, 0) is 18.9 Å². The van der Waals surface area contributed by atoms with Crippen LogP contribution in [0.4, 0.5) is 11.8 Å². The van der Waals surface area contributed by atoms with Crippen LogP contribution in [0.1, 0.15) is 17.7 Å². The van der Waals surface area contributed by atoms with E-state index in [9.17, 15) is 9.59 Å². The van der Waals surface area contributed by atoms with Crippen LogP contribution < -0.4 is 10.6 Å². The molecule has 3 aromatic rings. The maximum absolute atomic E-state index is 12.9. The number of anilines is 2. The van der Waals surface area contributed by atoms with E-state index in [2.05, 4.69) is 25.8 Å². The molecule has 3 saturated heterocycles. The minimum atomic E-state index is -0.0721. The summed E-state index contributed by atoms with van der Waals surface area (Å²) in [5.41, 5.74) is 7.31. The fourth-order valence-corrected chi connectivity index (χ4v) is 7.56. The van der Waals surface area contributed by atoms with Gasteiger partial charge >= 0.3 is 0 Å². The van der Waals surface area contributed by atoms with Crippen molar-refractivity contribution in [2.75, 3.05) is 63.1 Å². The lowest BCUT2D eigenvalue weighted by Gasteiger charge is -2.35. The number of rotatable bonds is 6. The molecule has 0 saturated carbocycles. The molecule has 3 aromatic heterocycles. The van der Waals surface area contributed by atoms with Gasteiger partial charge in [0.1, 0.15) is 6.29 Å². The molecule has 2 N–H and O–H groups in total. The fraction of sp³-hybridized carbons (Fsp3) is 0.520. The second-order valence-corrected chi connectivity index (χ2v) is 12.3. The first-order valence-electron chi connectivity index (χ1n) is 12.9. The highest BCUT2D eigenvalue weighted by atomic mass is 32.2. The molecule has 13 heteroatoms. The SMILES string of the molecule is Nc1ncc(-c2nc(N3CCOCC3)c3sc(CN4CCN(C(=O)C5CCC(C=O)S5)CC4)cc3n2)cn1. The van der Waals surface area contributed by atoms with Gasteiger partial charge in [0.25, 0.3) is 0 Å². The summed E-state index contributed by atoms with van der Waals surface area (Å²) in [6, 6.07) is 2.15. The van der Waals surface area contributed by atoms with Gasteiger partial charge in [-0.2, -0.15) is 0 Å². The van der Waals surface area contributed by atoms with Crippen LogP contribution in [0.15, 0.2) is 18.5 Å². The van der Waals surface area contributed by atoms with Crippen LogP contribution in [0.5, 0.6) is 0 Å². The van der Waals surface area contributed by atoms with Gasteiger partial charge in [-0.25, -0.2) is 19.9 Å². The zero-order chi connectivity index (χ0) is 26.1. The van der Waals surface area contributed by atoms with Crippen LogP contribution >= 0.6 is 23.1 Å². The van der Waals surface area contributed by atoms with Crippen molar-refractivity contribution >= 4 is 57.3 Å². The summed E-state index contributed by atoms with van der Waals surface area (Å²) in [6.07, 6.45) is 5.89. The molecule has 3 aliphatic rings. The standard InChI is InChI=1S/C25H30N8O3S2/c26-25-27-12-16(13-28-25)22-29-19-11-18(38-21(19)23(30-22)32-7-9-36-10-8-32)14-31-3-5-33(6-4-31)24(35)20-2-1-17(15-34)37-20/h11-13,15,17,20H,1-10,14H2,(H2,26,27,28). The molecule has 11 nitrogen and oxygen atoms in total. The average molecular weight is 555 g/mol. The molecule has 6 rings (SSSR count). The number of amides is 1. The highest BCUT2D eigenvalue weighted by molar-refractivity contribution is 8.02. The van der Waals surface area contributed by atoms with Crippen LogP contribution in [-0.4, -0.2) is 105 Å². The predicted molar refractivity (Wildman–Crippen MR) is 148 cm³/mol. The molecule has 38 heavy (non-hydrogen) atoms. The molecule has 6 heterocycles. The minimum Gasteiger partial charge on any atom is -0.378 e. The Balaban J connectivity index is 1.18. The quantitative estimate of drug-likeness (QED) is 0.447. The predicted octanol–water partition coefficient (Wildman–Crippen LogP) is 1.67. The summed E-state index contributed by atoms with van der Waals surface area (Å²) in [7, 11) is 0. The molecule has 0 radical (unpaired) electrons. The number of fused-ring (bicyclic) bond motifs is 1. The van der Waals surface area contributed by atoms with Crippen LogP contribution in [0, 0.1) is 0 Å². The van der Waals surface area contributed by atoms with E-state index in [1.54, 1.807) is 23.7 Å². The van der Waals surface area contributed by atoms with Gasteiger partial charge in [-0.15, -0.1) is 23.1 Å². The fourth-order valence-electron chi connectivity index (χ4n) is 5.11. The van der Waals surface area contributed by atoms with Crippen LogP contribution in [0.25, 0.3) is 21.6 Å². The maximum Gasteiger partial charge on any atom is 0.235 e. The van der Waals surface area contributed by atoms with Gasteiger partial charge in [-0.1, -0.05) is 0 Å². The second kappa shape index (κ2) is 11.1. The molecule has 2 unspecified atom stereocenters. The molecule has 3 fully saturated rings. The van der Waals surface area contributed by atoms with Crippen molar-refractivity contribution in [1.82, 2.24) is 29.7 Å². The molecule has 0 spiro atoms. The largest absolute Gasteiger partial charge is 0.378 e. The second-order valence-electron chi connectivity index (χ2n) is 9.71. The lowest BCUT2D eigenvalue weighted by molar-refractivity contribution is -0.132. The van der Waals surface area contributed by atoms with E-state index in [0.717, 1.165) is 73.4 Å². The number of nitrogen functional groups attached to an aromatic ring is 1. The van der Waals surface area contributed by atoms with Gasteiger partial charge in [0.2, 0.25) is 11.9 Å². The number of thiophene rings is 1. The highest BCUT2D eigenvalue weighted by Crippen LogP contribution is 2.36.